The Morgan fingerprint density at radius 2 is 2.14 bits per heavy atom. The lowest BCUT2D eigenvalue weighted by molar-refractivity contribution is -0.385. The number of nitro groups is 1. The van der Waals surface area contributed by atoms with E-state index >= 15 is 0 Å². The molecule has 0 aliphatic rings. The molecule has 120 valence electrons. The standard InChI is InChI=1S/C14H19N3O4S/c1-3-4-5-6-13(18)16-14(22)15-10-7-8-12(21-2)11(9-10)17(19)20/h7-9H,3-6H2,1-2H3,(H2,15,16,18,22). The van der Waals surface area contributed by atoms with Crippen LogP contribution in [0.3, 0.4) is 0 Å². The summed E-state index contributed by atoms with van der Waals surface area (Å²) in [5, 5.41) is 16.3. The van der Waals surface area contributed by atoms with Crippen LogP contribution in [0.15, 0.2) is 18.2 Å². The average molecular weight is 325 g/mol. The van der Waals surface area contributed by atoms with Gasteiger partial charge in [0.05, 0.1) is 12.0 Å². The van der Waals surface area contributed by atoms with Crippen molar-refractivity contribution in [3.63, 3.8) is 0 Å². The van der Waals surface area contributed by atoms with E-state index in [0.29, 0.717) is 12.1 Å². The van der Waals surface area contributed by atoms with Crippen LogP contribution in [0.5, 0.6) is 5.75 Å². The minimum atomic E-state index is -0.545. The highest BCUT2D eigenvalue weighted by Gasteiger charge is 2.15. The van der Waals surface area contributed by atoms with Gasteiger partial charge in [-0.2, -0.15) is 0 Å². The number of ether oxygens (including phenoxy) is 1. The summed E-state index contributed by atoms with van der Waals surface area (Å²) in [7, 11) is 1.36. The van der Waals surface area contributed by atoms with Gasteiger partial charge in [-0.15, -0.1) is 0 Å². The first-order valence-corrected chi connectivity index (χ1v) is 7.32. The lowest BCUT2D eigenvalue weighted by Crippen LogP contribution is -2.33. The molecule has 0 aromatic heterocycles. The third kappa shape index (κ3) is 5.65. The van der Waals surface area contributed by atoms with E-state index in [0.717, 1.165) is 19.3 Å². The Morgan fingerprint density at radius 3 is 2.73 bits per heavy atom. The van der Waals surface area contributed by atoms with E-state index in [1.807, 2.05) is 0 Å². The van der Waals surface area contributed by atoms with Crippen molar-refractivity contribution in [2.45, 2.75) is 32.6 Å². The van der Waals surface area contributed by atoms with Crippen molar-refractivity contribution in [2.24, 2.45) is 0 Å². The lowest BCUT2D eigenvalue weighted by Gasteiger charge is -2.10. The quantitative estimate of drug-likeness (QED) is 0.346. The Morgan fingerprint density at radius 1 is 1.41 bits per heavy atom. The molecule has 22 heavy (non-hydrogen) atoms. The van der Waals surface area contributed by atoms with Crippen LogP contribution in [-0.2, 0) is 4.79 Å². The molecular weight excluding hydrogens is 306 g/mol. The Balaban J connectivity index is 2.63. The predicted octanol–water partition coefficient (Wildman–Crippen LogP) is 3.00. The zero-order chi connectivity index (χ0) is 16.5. The number of methoxy groups -OCH3 is 1. The Hall–Kier alpha value is -2.22. The maximum atomic E-state index is 11.6. The number of hydrogen-bond donors (Lipinski definition) is 2. The van der Waals surface area contributed by atoms with Gasteiger partial charge in [-0.25, -0.2) is 0 Å². The van der Waals surface area contributed by atoms with Crippen molar-refractivity contribution in [1.82, 2.24) is 5.32 Å². The molecule has 7 nitrogen and oxygen atoms in total. The molecule has 1 aromatic carbocycles. The van der Waals surface area contributed by atoms with E-state index in [4.69, 9.17) is 17.0 Å². The van der Waals surface area contributed by atoms with Crippen LogP contribution in [0.25, 0.3) is 0 Å². The molecule has 0 spiro atoms. The van der Waals surface area contributed by atoms with Crippen LogP contribution in [0.2, 0.25) is 0 Å². The van der Waals surface area contributed by atoms with Gasteiger partial charge in [0.15, 0.2) is 10.9 Å². The highest BCUT2D eigenvalue weighted by atomic mass is 32.1. The van der Waals surface area contributed by atoms with Crippen molar-refractivity contribution >= 4 is 34.6 Å². The van der Waals surface area contributed by atoms with Crippen LogP contribution in [-0.4, -0.2) is 23.1 Å². The highest BCUT2D eigenvalue weighted by Crippen LogP contribution is 2.29. The normalized spacial score (nSPS) is 9.91. The van der Waals surface area contributed by atoms with E-state index in [1.165, 1.54) is 19.2 Å². The number of anilines is 1. The first kappa shape index (κ1) is 17.8. The summed E-state index contributed by atoms with van der Waals surface area (Å²) in [6.45, 7) is 2.06. The smallest absolute Gasteiger partial charge is 0.312 e. The van der Waals surface area contributed by atoms with E-state index in [1.54, 1.807) is 6.07 Å². The number of hydrogen-bond acceptors (Lipinski definition) is 5. The minimum Gasteiger partial charge on any atom is -0.490 e. The molecule has 0 bridgehead atoms. The fraction of sp³-hybridized carbons (Fsp3) is 0.429. The van der Waals surface area contributed by atoms with Crippen molar-refractivity contribution in [3.8, 4) is 5.75 Å². The maximum absolute atomic E-state index is 11.6. The molecule has 0 saturated carbocycles. The summed E-state index contributed by atoms with van der Waals surface area (Å²) >= 11 is 5.02. The van der Waals surface area contributed by atoms with Crippen LogP contribution < -0.4 is 15.4 Å². The summed E-state index contributed by atoms with van der Waals surface area (Å²) in [6.07, 6.45) is 3.22. The molecule has 0 fully saturated rings. The summed E-state index contributed by atoms with van der Waals surface area (Å²) in [6, 6.07) is 4.35. The molecule has 0 radical (unpaired) electrons. The molecule has 1 amide bonds. The van der Waals surface area contributed by atoms with Gasteiger partial charge in [-0.05, 0) is 30.8 Å². The number of unbranched alkanes of at least 4 members (excludes halogenated alkanes) is 2. The van der Waals surface area contributed by atoms with Crippen molar-refractivity contribution < 1.29 is 14.5 Å². The molecule has 0 aliphatic carbocycles. The van der Waals surface area contributed by atoms with E-state index in [9.17, 15) is 14.9 Å². The Bertz CT molecular complexity index is 563. The topological polar surface area (TPSA) is 93.5 Å². The number of nitrogens with zero attached hydrogens (tertiary/aromatic N) is 1. The van der Waals surface area contributed by atoms with Gasteiger partial charge in [0.25, 0.3) is 0 Å². The highest BCUT2D eigenvalue weighted by molar-refractivity contribution is 7.80. The molecule has 0 atom stereocenters. The van der Waals surface area contributed by atoms with Crippen molar-refractivity contribution in [2.75, 3.05) is 12.4 Å². The Labute approximate surface area is 134 Å². The summed E-state index contributed by atoms with van der Waals surface area (Å²) in [5.41, 5.74) is 0.232. The Kier molecular flexibility index (Phi) is 7.24. The van der Waals surface area contributed by atoms with E-state index in [-0.39, 0.29) is 22.5 Å². The number of nitro benzene ring substituents is 1. The molecule has 2 N–H and O–H groups in total. The molecule has 1 aromatic rings. The van der Waals surface area contributed by atoms with Crippen LogP contribution in [0.1, 0.15) is 32.6 Å². The summed E-state index contributed by atoms with van der Waals surface area (Å²) in [4.78, 5) is 22.0. The van der Waals surface area contributed by atoms with Gasteiger partial charge in [0, 0.05) is 18.2 Å². The third-order valence-electron chi connectivity index (χ3n) is 2.89. The SMILES string of the molecule is CCCCCC(=O)NC(=S)Nc1ccc(OC)c([N+](=O)[O-])c1. The van der Waals surface area contributed by atoms with Gasteiger partial charge in [0.1, 0.15) is 0 Å². The van der Waals surface area contributed by atoms with E-state index in [2.05, 4.69) is 17.6 Å². The average Bonchev–Trinajstić information content (AvgIpc) is 2.47. The first-order valence-electron chi connectivity index (χ1n) is 6.91. The number of carbonyl (C=O) groups is 1. The fourth-order valence-corrected chi connectivity index (χ4v) is 2.03. The molecule has 0 aliphatic heterocycles. The second-order valence-electron chi connectivity index (χ2n) is 4.60. The number of benzene rings is 1. The molecule has 0 saturated heterocycles. The van der Waals surface area contributed by atoms with Gasteiger partial charge < -0.3 is 15.4 Å². The predicted molar refractivity (Wildman–Crippen MR) is 88.2 cm³/mol. The fourth-order valence-electron chi connectivity index (χ4n) is 1.80. The molecule has 1 rings (SSSR count). The van der Waals surface area contributed by atoms with Crippen LogP contribution in [0, 0.1) is 10.1 Å². The molecule has 0 heterocycles. The first-order chi connectivity index (χ1) is 10.5. The summed E-state index contributed by atoms with van der Waals surface area (Å²) in [5.74, 6) is -0.0148. The van der Waals surface area contributed by atoms with Gasteiger partial charge in [0.2, 0.25) is 5.91 Å². The van der Waals surface area contributed by atoms with Gasteiger partial charge in [-0.1, -0.05) is 19.8 Å². The van der Waals surface area contributed by atoms with Gasteiger partial charge in [-0.3, -0.25) is 14.9 Å². The third-order valence-corrected chi connectivity index (χ3v) is 3.10. The second-order valence-corrected chi connectivity index (χ2v) is 5.01. The van der Waals surface area contributed by atoms with E-state index < -0.39 is 4.92 Å². The molecule has 0 unspecified atom stereocenters. The number of amides is 1. The number of carbonyl (C=O) groups excluding carboxylic acids is 1. The maximum Gasteiger partial charge on any atom is 0.312 e. The zero-order valence-electron chi connectivity index (χ0n) is 12.5. The summed E-state index contributed by atoms with van der Waals surface area (Å²) < 4.78 is 4.91. The minimum absolute atomic E-state index is 0.112. The second kappa shape index (κ2) is 8.93. The molecule has 8 heteroatoms. The van der Waals surface area contributed by atoms with Crippen molar-refractivity contribution in [3.05, 3.63) is 28.3 Å². The lowest BCUT2D eigenvalue weighted by atomic mass is 10.2. The molecular formula is C14H19N3O4S. The van der Waals surface area contributed by atoms with Gasteiger partial charge >= 0.3 is 5.69 Å². The number of nitrogens with one attached hydrogen (secondary N) is 2. The monoisotopic (exact) mass is 325 g/mol. The zero-order valence-corrected chi connectivity index (χ0v) is 13.4. The van der Waals surface area contributed by atoms with Crippen molar-refractivity contribution in [1.29, 1.82) is 0 Å². The van der Waals surface area contributed by atoms with Crippen LogP contribution >= 0.6 is 12.2 Å². The number of thiocarbonyl (C=S) groups is 1. The van der Waals surface area contributed by atoms with Crippen LogP contribution in [0.4, 0.5) is 11.4 Å². The largest absolute Gasteiger partial charge is 0.490 e. The number of rotatable bonds is 7.